The molecule has 0 aliphatic heterocycles. The molecule has 1 N–H and O–H groups in total. The second kappa shape index (κ2) is 7.49. The molecule has 1 unspecified atom stereocenters. The monoisotopic (exact) mass is 267 g/mol. The average molecular weight is 267 g/mol. The third-order valence-electron chi connectivity index (χ3n) is 3.08. The first-order chi connectivity index (χ1) is 8.91. The van der Waals surface area contributed by atoms with Crippen molar-refractivity contribution in [2.24, 2.45) is 11.8 Å². The van der Waals surface area contributed by atoms with Crippen LogP contribution in [0.25, 0.3) is 0 Å². The number of aryl methyl sites for hydroxylation is 1. The van der Waals surface area contributed by atoms with Crippen molar-refractivity contribution in [1.82, 2.24) is 5.32 Å². The van der Waals surface area contributed by atoms with Crippen LogP contribution in [-0.4, -0.2) is 19.2 Å². The van der Waals surface area contributed by atoms with Gasteiger partial charge in [0.15, 0.2) is 11.6 Å². The fourth-order valence-corrected chi connectivity index (χ4v) is 1.80. The standard InChI is InChI=1S/C16H26FNO/c1-11(2)9-18-10-15(12(3)4)19-14-8-6-7-13(5)16(14)17/h6-8,11-12,15,18H,9-10H2,1-5H3. The Bertz CT molecular complexity index is 390. The van der Waals surface area contributed by atoms with E-state index < -0.39 is 0 Å². The lowest BCUT2D eigenvalue weighted by Crippen LogP contribution is -2.37. The molecule has 2 nitrogen and oxygen atoms in total. The summed E-state index contributed by atoms with van der Waals surface area (Å²) in [4.78, 5) is 0. The van der Waals surface area contributed by atoms with Gasteiger partial charge in [-0.3, -0.25) is 0 Å². The first kappa shape index (κ1) is 16.0. The largest absolute Gasteiger partial charge is 0.486 e. The summed E-state index contributed by atoms with van der Waals surface area (Å²) >= 11 is 0. The highest BCUT2D eigenvalue weighted by atomic mass is 19.1. The van der Waals surface area contributed by atoms with E-state index in [0.717, 1.165) is 13.1 Å². The van der Waals surface area contributed by atoms with Gasteiger partial charge >= 0.3 is 0 Å². The topological polar surface area (TPSA) is 21.3 Å². The van der Waals surface area contributed by atoms with E-state index >= 15 is 0 Å². The minimum atomic E-state index is -0.253. The smallest absolute Gasteiger partial charge is 0.167 e. The van der Waals surface area contributed by atoms with E-state index in [0.29, 0.717) is 23.1 Å². The molecule has 0 fully saturated rings. The van der Waals surface area contributed by atoms with Crippen LogP contribution in [-0.2, 0) is 0 Å². The van der Waals surface area contributed by atoms with Crippen LogP contribution in [0.2, 0.25) is 0 Å². The highest BCUT2D eigenvalue weighted by molar-refractivity contribution is 5.30. The molecule has 1 aromatic rings. The zero-order valence-electron chi connectivity index (χ0n) is 12.7. The van der Waals surface area contributed by atoms with Gasteiger partial charge in [-0.15, -0.1) is 0 Å². The van der Waals surface area contributed by atoms with Crippen molar-refractivity contribution >= 4 is 0 Å². The van der Waals surface area contributed by atoms with Crippen molar-refractivity contribution in [3.63, 3.8) is 0 Å². The van der Waals surface area contributed by atoms with Gasteiger partial charge in [-0.05, 0) is 36.9 Å². The Labute approximate surface area is 116 Å². The molecule has 1 atom stereocenters. The maximum Gasteiger partial charge on any atom is 0.167 e. The van der Waals surface area contributed by atoms with Crippen LogP contribution in [0.1, 0.15) is 33.3 Å². The normalized spacial score (nSPS) is 13.1. The second-order valence-corrected chi connectivity index (χ2v) is 5.84. The number of hydrogen-bond acceptors (Lipinski definition) is 2. The molecule has 0 heterocycles. The lowest BCUT2D eigenvalue weighted by Gasteiger charge is -2.24. The van der Waals surface area contributed by atoms with Crippen LogP contribution in [0.5, 0.6) is 5.75 Å². The van der Waals surface area contributed by atoms with E-state index in [1.807, 2.05) is 6.07 Å². The SMILES string of the molecule is Cc1cccc(OC(CNCC(C)C)C(C)C)c1F. The Kier molecular flexibility index (Phi) is 6.29. The van der Waals surface area contributed by atoms with Gasteiger partial charge in [-0.2, -0.15) is 0 Å². The number of nitrogens with one attached hydrogen (secondary N) is 1. The van der Waals surface area contributed by atoms with E-state index in [1.54, 1.807) is 19.1 Å². The Hall–Kier alpha value is -1.09. The van der Waals surface area contributed by atoms with E-state index in [4.69, 9.17) is 4.74 Å². The molecule has 0 aliphatic carbocycles. The zero-order chi connectivity index (χ0) is 14.4. The quantitative estimate of drug-likeness (QED) is 0.811. The molecule has 3 heteroatoms. The molecule has 19 heavy (non-hydrogen) atoms. The summed E-state index contributed by atoms with van der Waals surface area (Å²) in [5.74, 6) is 1.03. The molecule has 0 saturated carbocycles. The summed E-state index contributed by atoms with van der Waals surface area (Å²) in [6, 6.07) is 5.27. The summed E-state index contributed by atoms with van der Waals surface area (Å²) in [5.41, 5.74) is 0.621. The minimum absolute atomic E-state index is 0.0185. The highest BCUT2D eigenvalue weighted by Crippen LogP contribution is 2.22. The fraction of sp³-hybridized carbons (Fsp3) is 0.625. The van der Waals surface area contributed by atoms with Crippen molar-refractivity contribution in [2.45, 2.75) is 40.7 Å². The Morgan fingerprint density at radius 3 is 2.42 bits per heavy atom. The van der Waals surface area contributed by atoms with Crippen LogP contribution < -0.4 is 10.1 Å². The van der Waals surface area contributed by atoms with Crippen LogP contribution in [0.15, 0.2) is 18.2 Å². The van der Waals surface area contributed by atoms with Crippen LogP contribution >= 0.6 is 0 Å². The number of benzene rings is 1. The third kappa shape index (κ3) is 5.19. The van der Waals surface area contributed by atoms with Crippen molar-refractivity contribution in [1.29, 1.82) is 0 Å². The molecule has 0 amide bonds. The predicted octanol–water partition coefficient (Wildman–Crippen LogP) is 3.78. The van der Waals surface area contributed by atoms with Crippen LogP contribution in [0.4, 0.5) is 4.39 Å². The molecule has 0 aromatic heterocycles. The molecule has 0 spiro atoms. The molecular formula is C16H26FNO. The summed E-state index contributed by atoms with van der Waals surface area (Å²) in [5, 5.41) is 3.37. The predicted molar refractivity (Wildman–Crippen MR) is 78.1 cm³/mol. The third-order valence-corrected chi connectivity index (χ3v) is 3.08. The molecule has 108 valence electrons. The van der Waals surface area contributed by atoms with Crippen molar-refractivity contribution in [2.75, 3.05) is 13.1 Å². The minimum Gasteiger partial charge on any atom is -0.486 e. The van der Waals surface area contributed by atoms with Crippen molar-refractivity contribution in [3.8, 4) is 5.75 Å². The molecule has 1 rings (SSSR count). The highest BCUT2D eigenvalue weighted by Gasteiger charge is 2.17. The molecule has 0 radical (unpaired) electrons. The fourth-order valence-electron chi connectivity index (χ4n) is 1.80. The van der Waals surface area contributed by atoms with E-state index in [-0.39, 0.29) is 11.9 Å². The molecule has 0 saturated heterocycles. The Morgan fingerprint density at radius 1 is 1.16 bits per heavy atom. The molecule has 0 bridgehead atoms. The summed E-state index contributed by atoms with van der Waals surface area (Å²) in [6.07, 6.45) is -0.0185. The van der Waals surface area contributed by atoms with Gasteiger partial charge in [-0.25, -0.2) is 4.39 Å². The molecule has 1 aromatic carbocycles. The van der Waals surface area contributed by atoms with Gasteiger partial charge in [0.1, 0.15) is 6.10 Å². The maximum absolute atomic E-state index is 13.9. The molecular weight excluding hydrogens is 241 g/mol. The van der Waals surface area contributed by atoms with Crippen LogP contribution in [0, 0.1) is 24.6 Å². The molecule has 0 aliphatic rings. The number of halogens is 1. The zero-order valence-corrected chi connectivity index (χ0v) is 12.7. The van der Waals surface area contributed by atoms with Gasteiger partial charge in [0.2, 0.25) is 0 Å². The second-order valence-electron chi connectivity index (χ2n) is 5.84. The number of ether oxygens (including phenoxy) is 1. The van der Waals surface area contributed by atoms with E-state index in [9.17, 15) is 4.39 Å². The Balaban J connectivity index is 2.65. The first-order valence-corrected chi connectivity index (χ1v) is 7.04. The van der Waals surface area contributed by atoms with E-state index in [1.165, 1.54) is 0 Å². The van der Waals surface area contributed by atoms with Crippen LogP contribution in [0.3, 0.4) is 0 Å². The van der Waals surface area contributed by atoms with E-state index in [2.05, 4.69) is 33.0 Å². The van der Waals surface area contributed by atoms with Gasteiger partial charge in [-0.1, -0.05) is 39.8 Å². The Morgan fingerprint density at radius 2 is 1.84 bits per heavy atom. The van der Waals surface area contributed by atoms with Gasteiger partial charge in [0.05, 0.1) is 0 Å². The van der Waals surface area contributed by atoms with Gasteiger partial charge in [0, 0.05) is 6.54 Å². The van der Waals surface area contributed by atoms with Gasteiger partial charge in [0.25, 0.3) is 0 Å². The maximum atomic E-state index is 13.9. The van der Waals surface area contributed by atoms with Crippen molar-refractivity contribution in [3.05, 3.63) is 29.6 Å². The number of hydrogen-bond donors (Lipinski definition) is 1. The summed E-state index contributed by atoms with van der Waals surface area (Å²) < 4.78 is 19.8. The lowest BCUT2D eigenvalue weighted by molar-refractivity contribution is 0.141. The van der Waals surface area contributed by atoms with Gasteiger partial charge < -0.3 is 10.1 Å². The summed E-state index contributed by atoms with van der Waals surface area (Å²) in [6.45, 7) is 12.0. The van der Waals surface area contributed by atoms with Crippen molar-refractivity contribution < 1.29 is 9.13 Å². The first-order valence-electron chi connectivity index (χ1n) is 7.04. The number of rotatable bonds is 7. The average Bonchev–Trinajstić information content (AvgIpc) is 2.32. The lowest BCUT2D eigenvalue weighted by atomic mass is 10.1. The summed E-state index contributed by atoms with van der Waals surface area (Å²) in [7, 11) is 0.